The largest absolute Gasteiger partial charge is 0.494 e. The van der Waals surface area contributed by atoms with Crippen molar-refractivity contribution in [2.45, 2.75) is 11.9 Å². The van der Waals surface area contributed by atoms with Gasteiger partial charge in [-0.15, -0.1) is 10.2 Å². The molecule has 1 aromatic carbocycles. The highest BCUT2D eigenvalue weighted by Gasteiger charge is 2.11. The molecule has 1 N–H and O–H groups in total. The SMILES string of the molecule is CCOc1ccc(-c2nnc3ccc(SCC(=O)NCCOC)nn23)cc1. The molecule has 0 aliphatic carbocycles. The van der Waals surface area contributed by atoms with Crippen LogP contribution in [-0.4, -0.2) is 58.3 Å². The van der Waals surface area contributed by atoms with Gasteiger partial charge in [0.15, 0.2) is 11.5 Å². The summed E-state index contributed by atoms with van der Waals surface area (Å²) in [6.45, 7) is 3.55. The van der Waals surface area contributed by atoms with Crippen molar-refractivity contribution in [1.82, 2.24) is 25.1 Å². The van der Waals surface area contributed by atoms with Gasteiger partial charge in [0.05, 0.1) is 19.0 Å². The van der Waals surface area contributed by atoms with E-state index in [-0.39, 0.29) is 11.7 Å². The predicted octanol–water partition coefficient (Wildman–Crippen LogP) is 2.04. The number of benzene rings is 1. The quantitative estimate of drug-likeness (QED) is 0.444. The minimum Gasteiger partial charge on any atom is -0.494 e. The van der Waals surface area contributed by atoms with Gasteiger partial charge in [0.25, 0.3) is 0 Å². The molecular weight excluding hydrogens is 366 g/mol. The van der Waals surface area contributed by atoms with Crippen LogP contribution in [0.1, 0.15) is 6.92 Å². The first kappa shape index (κ1) is 19.1. The average molecular weight is 387 g/mol. The molecule has 3 rings (SSSR count). The second-order valence-corrected chi connectivity index (χ2v) is 6.55. The van der Waals surface area contributed by atoms with E-state index in [9.17, 15) is 4.79 Å². The molecule has 9 heteroatoms. The lowest BCUT2D eigenvalue weighted by Gasteiger charge is -2.05. The van der Waals surface area contributed by atoms with Crippen molar-refractivity contribution in [2.75, 3.05) is 32.6 Å². The van der Waals surface area contributed by atoms with E-state index in [0.29, 0.717) is 31.2 Å². The molecule has 0 aliphatic heterocycles. The number of carbonyl (C=O) groups excluding carboxylic acids is 1. The van der Waals surface area contributed by atoms with Crippen LogP contribution < -0.4 is 10.1 Å². The number of nitrogens with zero attached hydrogens (tertiary/aromatic N) is 4. The first-order valence-electron chi connectivity index (χ1n) is 8.55. The summed E-state index contributed by atoms with van der Waals surface area (Å²) < 4.78 is 12.1. The fourth-order valence-electron chi connectivity index (χ4n) is 2.38. The van der Waals surface area contributed by atoms with Gasteiger partial charge >= 0.3 is 0 Å². The van der Waals surface area contributed by atoms with Crippen LogP contribution in [-0.2, 0) is 9.53 Å². The summed E-state index contributed by atoms with van der Waals surface area (Å²) in [5.74, 6) is 1.66. The summed E-state index contributed by atoms with van der Waals surface area (Å²) >= 11 is 1.36. The molecule has 0 bridgehead atoms. The van der Waals surface area contributed by atoms with Gasteiger partial charge in [-0.05, 0) is 43.3 Å². The van der Waals surface area contributed by atoms with Gasteiger partial charge in [-0.3, -0.25) is 4.79 Å². The smallest absolute Gasteiger partial charge is 0.230 e. The number of nitrogens with one attached hydrogen (secondary N) is 1. The Hall–Kier alpha value is -2.65. The van der Waals surface area contributed by atoms with E-state index < -0.39 is 0 Å². The maximum absolute atomic E-state index is 11.8. The van der Waals surface area contributed by atoms with Crippen LogP contribution in [0.4, 0.5) is 0 Å². The van der Waals surface area contributed by atoms with Gasteiger partial charge in [-0.1, -0.05) is 11.8 Å². The Morgan fingerprint density at radius 3 is 2.74 bits per heavy atom. The summed E-state index contributed by atoms with van der Waals surface area (Å²) in [7, 11) is 1.60. The minimum atomic E-state index is -0.0607. The third-order valence-electron chi connectivity index (χ3n) is 3.64. The Balaban J connectivity index is 1.73. The number of methoxy groups -OCH3 is 1. The summed E-state index contributed by atoms with van der Waals surface area (Å²) in [6, 6.07) is 11.3. The lowest BCUT2D eigenvalue weighted by molar-refractivity contribution is -0.118. The van der Waals surface area contributed by atoms with E-state index in [1.54, 1.807) is 11.6 Å². The second kappa shape index (κ2) is 9.33. The number of amides is 1. The van der Waals surface area contributed by atoms with E-state index in [0.717, 1.165) is 16.3 Å². The Morgan fingerprint density at radius 1 is 1.19 bits per heavy atom. The molecule has 142 valence electrons. The molecule has 0 fully saturated rings. The van der Waals surface area contributed by atoms with Gasteiger partial charge < -0.3 is 14.8 Å². The van der Waals surface area contributed by atoms with Crippen molar-refractivity contribution in [3.63, 3.8) is 0 Å². The van der Waals surface area contributed by atoms with Gasteiger partial charge in [0.1, 0.15) is 10.8 Å². The number of hydrogen-bond acceptors (Lipinski definition) is 7. The molecule has 2 aromatic heterocycles. The van der Waals surface area contributed by atoms with Crippen LogP contribution in [0.2, 0.25) is 0 Å². The van der Waals surface area contributed by atoms with Gasteiger partial charge in [-0.25, -0.2) is 0 Å². The van der Waals surface area contributed by atoms with E-state index >= 15 is 0 Å². The Kier molecular flexibility index (Phi) is 6.61. The fourth-order valence-corrected chi connectivity index (χ4v) is 3.06. The Morgan fingerprint density at radius 2 is 2.00 bits per heavy atom. The molecular formula is C18H21N5O3S. The van der Waals surface area contributed by atoms with Crippen molar-refractivity contribution in [2.24, 2.45) is 0 Å². The number of hydrogen-bond donors (Lipinski definition) is 1. The zero-order chi connectivity index (χ0) is 19.1. The second-order valence-electron chi connectivity index (χ2n) is 5.55. The maximum Gasteiger partial charge on any atom is 0.230 e. The number of rotatable bonds is 9. The van der Waals surface area contributed by atoms with Crippen molar-refractivity contribution < 1.29 is 14.3 Å². The number of fused-ring (bicyclic) bond motifs is 1. The van der Waals surface area contributed by atoms with Crippen molar-refractivity contribution in [1.29, 1.82) is 0 Å². The zero-order valence-corrected chi connectivity index (χ0v) is 16.0. The molecule has 1 amide bonds. The van der Waals surface area contributed by atoms with Crippen LogP contribution in [0.15, 0.2) is 41.4 Å². The first-order valence-corrected chi connectivity index (χ1v) is 9.54. The molecule has 8 nitrogen and oxygen atoms in total. The third kappa shape index (κ3) is 4.95. The van der Waals surface area contributed by atoms with Gasteiger partial charge in [0.2, 0.25) is 5.91 Å². The van der Waals surface area contributed by atoms with E-state index in [1.165, 1.54) is 11.8 Å². The van der Waals surface area contributed by atoms with E-state index in [4.69, 9.17) is 9.47 Å². The first-order chi connectivity index (χ1) is 13.2. The molecule has 0 radical (unpaired) electrons. The van der Waals surface area contributed by atoms with Crippen molar-refractivity contribution >= 4 is 23.3 Å². The van der Waals surface area contributed by atoms with E-state index in [1.807, 2.05) is 43.3 Å². The fraction of sp³-hybridized carbons (Fsp3) is 0.333. The third-order valence-corrected chi connectivity index (χ3v) is 4.56. The number of thioether (sulfide) groups is 1. The lowest BCUT2D eigenvalue weighted by atomic mass is 10.2. The molecule has 0 unspecified atom stereocenters. The number of ether oxygens (including phenoxy) is 2. The number of aromatic nitrogens is 4. The molecule has 27 heavy (non-hydrogen) atoms. The summed E-state index contributed by atoms with van der Waals surface area (Å²) in [5.41, 5.74) is 1.53. The standard InChI is InChI=1S/C18H21N5O3S/c1-3-26-14-6-4-13(5-7-14)18-21-20-15-8-9-17(22-23(15)18)27-12-16(24)19-10-11-25-2/h4-9H,3,10-12H2,1-2H3,(H,19,24). The minimum absolute atomic E-state index is 0.0607. The van der Waals surface area contributed by atoms with Crippen LogP contribution >= 0.6 is 11.8 Å². The highest BCUT2D eigenvalue weighted by Crippen LogP contribution is 2.22. The van der Waals surface area contributed by atoms with E-state index in [2.05, 4.69) is 20.6 Å². The Bertz CT molecular complexity index is 898. The van der Waals surface area contributed by atoms with Crippen molar-refractivity contribution in [3.8, 4) is 17.1 Å². The predicted molar refractivity (Wildman–Crippen MR) is 103 cm³/mol. The molecule has 0 atom stereocenters. The maximum atomic E-state index is 11.8. The van der Waals surface area contributed by atoms with Crippen LogP contribution in [0.5, 0.6) is 5.75 Å². The molecule has 2 heterocycles. The summed E-state index contributed by atoms with van der Waals surface area (Å²) in [4.78, 5) is 11.8. The number of carbonyl (C=O) groups is 1. The molecule has 0 saturated carbocycles. The van der Waals surface area contributed by atoms with Crippen LogP contribution in [0.25, 0.3) is 17.0 Å². The molecule has 3 aromatic rings. The highest BCUT2D eigenvalue weighted by molar-refractivity contribution is 7.99. The van der Waals surface area contributed by atoms with Crippen LogP contribution in [0.3, 0.4) is 0 Å². The highest BCUT2D eigenvalue weighted by atomic mass is 32.2. The Labute approximate surface area is 161 Å². The lowest BCUT2D eigenvalue weighted by Crippen LogP contribution is -2.28. The molecule has 0 saturated heterocycles. The topological polar surface area (TPSA) is 90.6 Å². The normalized spacial score (nSPS) is 10.9. The molecule has 0 spiro atoms. The van der Waals surface area contributed by atoms with Crippen molar-refractivity contribution in [3.05, 3.63) is 36.4 Å². The summed E-state index contributed by atoms with van der Waals surface area (Å²) in [5, 5.41) is 16.5. The monoisotopic (exact) mass is 387 g/mol. The van der Waals surface area contributed by atoms with Gasteiger partial charge in [0, 0.05) is 19.2 Å². The van der Waals surface area contributed by atoms with Gasteiger partial charge in [-0.2, -0.15) is 9.61 Å². The zero-order valence-electron chi connectivity index (χ0n) is 15.2. The summed E-state index contributed by atoms with van der Waals surface area (Å²) in [6.07, 6.45) is 0. The average Bonchev–Trinajstić information content (AvgIpc) is 3.11. The van der Waals surface area contributed by atoms with Crippen LogP contribution in [0, 0.1) is 0 Å². The molecule has 0 aliphatic rings.